The van der Waals surface area contributed by atoms with Gasteiger partial charge in [-0.15, -0.1) is 0 Å². The van der Waals surface area contributed by atoms with Crippen LogP contribution in [-0.2, 0) is 4.74 Å². The van der Waals surface area contributed by atoms with E-state index in [1.807, 2.05) is 0 Å². The fourth-order valence-corrected chi connectivity index (χ4v) is 1.55. The first-order chi connectivity index (χ1) is 6.77. The van der Waals surface area contributed by atoms with Gasteiger partial charge in [-0.1, -0.05) is 0 Å². The normalized spacial score (nSPS) is 21.0. The lowest BCUT2D eigenvalue weighted by Gasteiger charge is -2.07. The van der Waals surface area contributed by atoms with Crippen LogP contribution in [0.1, 0.15) is 35.0 Å². The van der Waals surface area contributed by atoms with Crippen molar-refractivity contribution >= 4 is 5.91 Å². The van der Waals surface area contributed by atoms with Gasteiger partial charge in [0, 0.05) is 12.8 Å². The maximum Gasteiger partial charge on any atom is 0.250 e. The zero-order chi connectivity index (χ0) is 9.97. The zero-order valence-electron chi connectivity index (χ0n) is 7.77. The molecule has 1 saturated heterocycles. The van der Waals surface area contributed by atoms with Crippen LogP contribution in [0.25, 0.3) is 0 Å². The van der Waals surface area contributed by atoms with Crippen molar-refractivity contribution in [2.45, 2.75) is 18.9 Å². The molecule has 2 heterocycles. The van der Waals surface area contributed by atoms with E-state index in [0.717, 1.165) is 25.1 Å². The number of primary amides is 1. The largest absolute Gasteiger partial charge is 0.372 e. The first-order valence-corrected chi connectivity index (χ1v) is 4.65. The maximum atomic E-state index is 10.8. The van der Waals surface area contributed by atoms with Gasteiger partial charge in [-0.25, -0.2) is 0 Å². The molecule has 4 heteroatoms. The van der Waals surface area contributed by atoms with E-state index in [9.17, 15) is 4.79 Å². The van der Waals surface area contributed by atoms with Gasteiger partial charge in [0.2, 0.25) is 5.91 Å². The fraction of sp³-hybridized carbons (Fsp3) is 0.400. The van der Waals surface area contributed by atoms with Gasteiger partial charge < -0.3 is 10.5 Å². The number of carbonyl (C=O) groups is 1. The predicted molar refractivity (Wildman–Crippen MR) is 50.7 cm³/mol. The van der Waals surface area contributed by atoms with Crippen molar-refractivity contribution in [2.75, 3.05) is 6.61 Å². The van der Waals surface area contributed by atoms with Gasteiger partial charge >= 0.3 is 0 Å². The Bertz CT molecular complexity index is 328. The molecule has 0 radical (unpaired) electrons. The number of rotatable bonds is 2. The summed E-state index contributed by atoms with van der Waals surface area (Å²) < 4.78 is 5.46. The van der Waals surface area contributed by atoms with E-state index in [1.54, 1.807) is 12.1 Å². The number of hydrogen-bond acceptors (Lipinski definition) is 3. The molecular formula is C10H12N2O2. The van der Waals surface area contributed by atoms with Crippen molar-refractivity contribution in [1.82, 2.24) is 4.98 Å². The summed E-state index contributed by atoms with van der Waals surface area (Å²) in [5, 5.41) is 0. The number of aromatic nitrogens is 1. The Kier molecular flexibility index (Phi) is 2.45. The van der Waals surface area contributed by atoms with Gasteiger partial charge in [0.1, 0.15) is 0 Å². The Morgan fingerprint density at radius 3 is 2.93 bits per heavy atom. The first-order valence-electron chi connectivity index (χ1n) is 4.65. The van der Waals surface area contributed by atoms with Gasteiger partial charge in [-0.3, -0.25) is 9.78 Å². The molecule has 1 fully saturated rings. The monoisotopic (exact) mass is 192 g/mol. The number of nitrogens with zero attached hydrogens (tertiary/aromatic N) is 1. The van der Waals surface area contributed by atoms with Crippen LogP contribution in [0.3, 0.4) is 0 Å². The Morgan fingerprint density at radius 1 is 1.57 bits per heavy atom. The van der Waals surface area contributed by atoms with Crippen LogP contribution in [0.4, 0.5) is 0 Å². The summed E-state index contributed by atoms with van der Waals surface area (Å²) in [6, 6.07) is 3.49. The lowest BCUT2D eigenvalue weighted by molar-refractivity contribution is 0.0997. The summed E-state index contributed by atoms with van der Waals surface area (Å²) in [6.45, 7) is 0.796. The van der Waals surface area contributed by atoms with Crippen molar-refractivity contribution in [3.05, 3.63) is 29.6 Å². The van der Waals surface area contributed by atoms with Crippen LogP contribution < -0.4 is 5.73 Å². The minimum atomic E-state index is -0.448. The van der Waals surface area contributed by atoms with Crippen LogP contribution in [0, 0.1) is 0 Å². The highest BCUT2D eigenvalue weighted by atomic mass is 16.5. The number of nitrogens with two attached hydrogens (primary N) is 1. The summed E-state index contributed by atoms with van der Waals surface area (Å²) in [5.41, 5.74) is 6.43. The second-order valence-corrected chi connectivity index (χ2v) is 3.34. The molecule has 1 atom stereocenters. The van der Waals surface area contributed by atoms with Crippen LogP contribution in [0.2, 0.25) is 0 Å². The highest BCUT2D eigenvalue weighted by Crippen LogP contribution is 2.26. The standard InChI is InChI=1S/C10H12N2O2/c11-10(13)7-3-4-8(12-6-7)9-2-1-5-14-9/h3-4,6,9H,1-2,5H2,(H2,11,13). The highest BCUT2D eigenvalue weighted by Gasteiger charge is 2.18. The molecule has 1 aromatic heterocycles. The fourth-order valence-electron chi connectivity index (χ4n) is 1.55. The Morgan fingerprint density at radius 2 is 2.43 bits per heavy atom. The molecule has 0 aromatic carbocycles. The Hall–Kier alpha value is -1.42. The van der Waals surface area contributed by atoms with Crippen LogP contribution in [0.15, 0.2) is 18.3 Å². The summed E-state index contributed by atoms with van der Waals surface area (Å²) in [7, 11) is 0. The van der Waals surface area contributed by atoms with Crippen molar-refractivity contribution in [1.29, 1.82) is 0 Å². The van der Waals surface area contributed by atoms with Crippen molar-refractivity contribution in [2.24, 2.45) is 5.73 Å². The van der Waals surface area contributed by atoms with Crippen molar-refractivity contribution < 1.29 is 9.53 Å². The average molecular weight is 192 g/mol. The third-order valence-electron chi connectivity index (χ3n) is 2.33. The van der Waals surface area contributed by atoms with E-state index in [2.05, 4.69) is 4.98 Å². The molecule has 1 aliphatic rings. The van der Waals surface area contributed by atoms with E-state index in [1.165, 1.54) is 6.20 Å². The SMILES string of the molecule is NC(=O)c1ccc(C2CCCO2)nc1. The molecule has 1 amide bonds. The first kappa shape index (κ1) is 9.15. The number of ether oxygens (including phenoxy) is 1. The highest BCUT2D eigenvalue weighted by molar-refractivity contribution is 5.92. The van der Waals surface area contributed by atoms with Crippen LogP contribution >= 0.6 is 0 Å². The summed E-state index contributed by atoms with van der Waals surface area (Å²) in [6.07, 6.45) is 3.67. The quantitative estimate of drug-likeness (QED) is 0.761. The molecule has 74 valence electrons. The second-order valence-electron chi connectivity index (χ2n) is 3.34. The molecular weight excluding hydrogens is 180 g/mol. The Labute approximate surface area is 82.1 Å². The molecule has 0 aliphatic carbocycles. The van der Waals surface area contributed by atoms with Gasteiger partial charge in [0.05, 0.1) is 17.4 Å². The van der Waals surface area contributed by atoms with Crippen LogP contribution in [0.5, 0.6) is 0 Å². The number of hydrogen-bond donors (Lipinski definition) is 1. The molecule has 0 spiro atoms. The third kappa shape index (κ3) is 1.75. The van der Waals surface area contributed by atoms with E-state index < -0.39 is 5.91 Å². The summed E-state index contributed by atoms with van der Waals surface area (Å²) in [5.74, 6) is -0.448. The topological polar surface area (TPSA) is 65.2 Å². The van der Waals surface area contributed by atoms with Crippen LogP contribution in [-0.4, -0.2) is 17.5 Å². The lowest BCUT2D eigenvalue weighted by Crippen LogP contribution is -2.11. The van der Waals surface area contributed by atoms with Gasteiger partial charge in [0.25, 0.3) is 0 Å². The predicted octanol–water partition coefficient (Wildman–Crippen LogP) is 1.03. The summed E-state index contributed by atoms with van der Waals surface area (Å²) >= 11 is 0. The molecule has 4 nitrogen and oxygen atoms in total. The second kappa shape index (κ2) is 3.75. The minimum Gasteiger partial charge on any atom is -0.372 e. The molecule has 2 N–H and O–H groups in total. The molecule has 0 bridgehead atoms. The average Bonchev–Trinajstić information content (AvgIpc) is 2.71. The number of amides is 1. The number of pyridine rings is 1. The van der Waals surface area contributed by atoms with Crippen molar-refractivity contribution in [3.8, 4) is 0 Å². The van der Waals surface area contributed by atoms with Crippen molar-refractivity contribution in [3.63, 3.8) is 0 Å². The minimum absolute atomic E-state index is 0.0944. The Balaban J connectivity index is 2.16. The van der Waals surface area contributed by atoms with Gasteiger partial charge in [0.15, 0.2) is 0 Å². The van der Waals surface area contributed by atoms with E-state index in [4.69, 9.17) is 10.5 Å². The number of carbonyl (C=O) groups excluding carboxylic acids is 1. The van der Waals surface area contributed by atoms with E-state index in [-0.39, 0.29) is 6.10 Å². The smallest absolute Gasteiger partial charge is 0.250 e. The molecule has 2 rings (SSSR count). The summed E-state index contributed by atoms with van der Waals surface area (Å²) in [4.78, 5) is 14.9. The van der Waals surface area contributed by atoms with Gasteiger partial charge in [-0.2, -0.15) is 0 Å². The molecule has 1 aromatic rings. The van der Waals surface area contributed by atoms with E-state index >= 15 is 0 Å². The maximum absolute atomic E-state index is 10.8. The van der Waals surface area contributed by atoms with Gasteiger partial charge in [-0.05, 0) is 25.0 Å². The molecule has 1 unspecified atom stereocenters. The lowest BCUT2D eigenvalue weighted by atomic mass is 10.1. The zero-order valence-corrected chi connectivity index (χ0v) is 7.77. The third-order valence-corrected chi connectivity index (χ3v) is 2.33. The molecule has 14 heavy (non-hydrogen) atoms. The molecule has 1 aliphatic heterocycles. The molecule has 0 saturated carbocycles. The van der Waals surface area contributed by atoms with E-state index in [0.29, 0.717) is 5.56 Å².